The molecule has 1 aliphatic heterocycles. The van der Waals surface area contributed by atoms with Gasteiger partial charge in [0.15, 0.2) is 5.60 Å². The molecule has 3 rings (SSSR count). The van der Waals surface area contributed by atoms with E-state index in [1.807, 2.05) is 0 Å². The molecule has 0 N–H and O–H groups in total. The van der Waals surface area contributed by atoms with Crippen LogP contribution in [0.25, 0.3) is 0 Å². The zero-order chi connectivity index (χ0) is 15.0. The maximum absolute atomic E-state index is 12.2. The number of carbonyl (C=O) groups excluding carboxylic acids is 2. The summed E-state index contributed by atoms with van der Waals surface area (Å²) >= 11 is 0. The van der Waals surface area contributed by atoms with Gasteiger partial charge < -0.3 is 9.47 Å². The molecule has 0 unspecified atom stereocenters. The largest absolute Gasteiger partial charge is 0.466 e. The molecule has 1 saturated heterocycles. The van der Waals surface area contributed by atoms with Gasteiger partial charge in [0.2, 0.25) is 0 Å². The third-order valence-corrected chi connectivity index (χ3v) is 4.37. The number of esters is 2. The van der Waals surface area contributed by atoms with Crippen LogP contribution in [0.3, 0.4) is 0 Å². The maximum atomic E-state index is 12.2. The average molecular weight is 285 g/mol. The molecule has 108 valence electrons. The van der Waals surface area contributed by atoms with Crippen LogP contribution in [-0.4, -0.2) is 18.5 Å². The van der Waals surface area contributed by atoms with Gasteiger partial charge in [0.25, 0.3) is 0 Å². The van der Waals surface area contributed by atoms with Crippen molar-refractivity contribution in [1.29, 1.82) is 5.26 Å². The minimum atomic E-state index is -0.905. The summed E-state index contributed by atoms with van der Waals surface area (Å²) in [7, 11) is 0. The van der Waals surface area contributed by atoms with Crippen LogP contribution in [0.5, 0.6) is 0 Å². The van der Waals surface area contributed by atoms with Crippen molar-refractivity contribution in [2.24, 2.45) is 11.8 Å². The Morgan fingerprint density at radius 1 is 1.43 bits per heavy atom. The summed E-state index contributed by atoms with van der Waals surface area (Å²) in [5.41, 5.74) is 0.391. The van der Waals surface area contributed by atoms with Crippen LogP contribution in [0.2, 0.25) is 0 Å². The molecule has 2 fully saturated rings. The van der Waals surface area contributed by atoms with Crippen molar-refractivity contribution in [1.82, 2.24) is 0 Å². The fraction of sp³-hybridized carbons (Fsp3) is 0.438. The van der Waals surface area contributed by atoms with Crippen molar-refractivity contribution >= 4 is 11.9 Å². The van der Waals surface area contributed by atoms with Gasteiger partial charge in [0.05, 0.1) is 18.2 Å². The highest BCUT2D eigenvalue weighted by atomic mass is 16.6. The third-order valence-electron chi connectivity index (χ3n) is 4.37. The van der Waals surface area contributed by atoms with E-state index in [9.17, 15) is 9.59 Å². The molecule has 1 aliphatic carbocycles. The Balaban J connectivity index is 1.99. The summed E-state index contributed by atoms with van der Waals surface area (Å²) in [6.45, 7) is 2.06. The van der Waals surface area contributed by atoms with Crippen molar-refractivity contribution in [2.45, 2.75) is 25.4 Å². The standard InChI is InChI=1S/C16H15NO4/c1-2-20-14(18)12-7-8-13-15(19)21-16(12,13)11-5-3-10(9-17)4-6-11/h3-6,12-13H,2,7-8H2,1H3/t12-,13-,16-/m0/s1. The number of nitrogens with zero attached hydrogens (tertiary/aromatic N) is 1. The Morgan fingerprint density at radius 2 is 2.14 bits per heavy atom. The molecular weight excluding hydrogens is 270 g/mol. The van der Waals surface area contributed by atoms with E-state index in [4.69, 9.17) is 14.7 Å². The van der Waals surface area contributed by atoms with Crippen LogP contribution in [0.1, 0.15) is 30.9 Å². The van der Waals surface area contributed by atoms with Crippen molar-refractivity contribution in [3.8, 4) is 6.07 Å². The van der Waals surface area contributed by atoms with Crippen molar-refractivity contribution in [3.05, 3.63) is 35.4 Å². The lowest BCUT2D eigenvalue weighted by atomic mass is 9.74. The zero-order valence-corrected chi connectivity index (χ0v) is 11.7. The van der Waals surface area contributed by atoms with Crippen LogP contribution in [0.4, 0.5) is 0 Å². The first-order valence-electron chi connectivity index (χ1n) is 7.03. The van der Waals surface area contributed by atoms with Gasteiger partial charge in [-0.2, -0.15) is 5.26 Å². The number of ether oxygens (including phenoxy) is 2. The molecule has 0 amide bonds. The van der Waals surface area contributed by atoms with Gasteiger partial charge >= 0.3 is 11.9 Å². The third kappa shape index (κ3) is 1.83. The molecule has 0 aromatic heterocycles. The number of hydrogen-bond acceptors (Lipinski definition) is 5. The summed E-state index contributed by atoms with van der Waals surface area (Å²) in [4.78, 5) is 23.9. The summed E-state index contributed by atoms with van der Waals surface area (Å²) < 4.78 is 10.6. The number of nitriles is 1. The van der Waals surface area contributed by atoms with E-state index in [1.54, 1.807) is 31.2 Å². The van der Waals surface area contributed by atoms with Gasteiger partial charge in [-0.15, -0.1) is 0 Å². The monoisotopic (exact) mass is 285 g/mol. The predicted octanol–water partition coefficient (Wildman–Crippen LogP) is 1.90. The van der Waals surface area contributed by atoms with Gasteiger partial charge in [-0.1, -0.05) is 12.1 Å². The Hall–Kier alpha value is -2.35. The Bertz CT molecular complexity index is 631. The molecule has 0 bridgehead atoms. The van der Waals surface area contributed by atoms with Crippen LogP contribution in [0, 0.1) is 23.2 Å². The molecule has 3 atom stereocenters. The minimum absolute atomic E-state index is 0.258. The highest BCUT2D eigenvalue weighted by Crippen LogP contribution is 2.58. The second-order valence-electron chi connectivity index (χ2n) is 5.34. The van der Waals surface area contributed by atoms with Crippen LogP contribution >= 0.6 is 0 Å². The SMILES string of the molecule is CCOC(=O)[C@@H]1CC[C@H]2C(=O)O[C@@]12c1ccc(C#N)cc1. The number of hydrogen-bond donors (Lipinski definition) is 0. The second-order valence-corrected chi connectivity index (χ2v) is 5.34. The van der Waals surface area contributed by atoms with E-state index in [0.717, 1.165) is 5.56 Å². The first kappa shape index (κ1) is 13.6. The van der Waals surface area contributed by atoms with E-state index in [-0.39, 0.29) is 17.9 Å². The predicted molar refractivity (Wildman–Crippen MR) is 71.8 cm³/mol. The quantitative estimate of drug-likeness (QED) is 0.793. The minimum Gasteiger partial charge on any atom is -0.466 e. The smallest absolute Gasteiger partial charge is 0.314 e. The fourth-order valence-corrected chi connectivity index (χ4v) is 3.42. The molecule has 1 aromatic rings. The molecule has 21 heavy (non-hydrogen) atoms. The van der Waals surface area contributed by atoms with Gasteiger partial charge in [-0.25, -0.2) is 0 Å². The highest BCUT2D eigenvalue weighted by Gasteiger charge is 2.67. The van der Waals surface area contributed by atoms with Gasteiger partial charge in [-0.05, 0) is 37.5 Å². The molecule has 5 heteroatoms. The Morgan fingerprint density at radius 3 is 2.71 bits per heavy atom. The number of benzene rings is 1. The number of rotatable bonds is 3. The molecule has 0 radical (unpaired) electrons. The van der Waals surface area contributed by atoms with Crippen LogP contribution in [0.15, 0.2) is 24.3 Å². The lowest BCUT2D eigenvalue weighted by Crippen LogP contribution is -2.56. The lowest BCUT2D eigenvalue weighted by molar-refractivity contribution is -0.221. The molecule has 2 aliphatic rings. The molecule has 1 saturated carbocycles. The van der Waals surface area contributed by atoms with E-state index in [1.165, 1.54) is 0 Å². The second kappa shape index (κ2) is 4.88. The van der Waals surface area contributed by atoms with Crippen molar-refractivity contribution in [2.75, 3.05) is 6.61 Å². The topological polar surface area (TPSA) is 76.4 Å². The summed E-state index contributed by atoms with van der Waals surface area (Å²) in [6.07, 6.45) is 1.21. The Labute approximate surface area is 122 Å². The average Bonchev–Trinajstić information content (AvgIpc) is 2.81. The fourth-order valence-electron chi connectivity index (χ4n) is 3.42. The highest BCUT2D eigenvalue weighted by molar-refractivity contribution is 5.87. The van der Waals surface area contributed by atoms with Gasteiger partial charge in [0, 0.05) is 0 Å². The van der Waals surface area contributed by atoms with E-state index in [0.29, 0.717) is 25.0 Å². The molecule has 5 nitrogen and oxygen atoms in total. The zero-order valence-electron chi connectivity index (χ0n) is 11.7. The van der Waals surface area contributed by atoms with Crippen molar-refractivity contribution in [3.63, 3.8) is 0 Å². The number of fused-ring (bicyclic) bond motifs is 1. The van der Waals surface area contributed by atoms with Crippen LogP contribution < -0.4 is 0 Å². The van der Waals surface area contributed by atoms with E-state index >= 15 is 0 Å². The maximum Gasteiger partial charge on any atom is 0.314 e. The normalized spacial score (nSPS) is 29.8. The van der Waals surface area contributed by atoms with E-state index in [2.05, 4.69) is 6.07 Å². The first-order chi connectivity index (χ1) is 10.1. The molecular formula is C16H15NO4. The lowest BCUT2D eigenvalue weighted by Gasteiger charge is -2.46. The summed E-state index contributed by atoms with van der Waals surface area (Å²) in [6, 6.07) is 8.92. The van der Waals surface area contributed by atoms with Crippen LogP contribution in [-0.2, 0) is 24.7 Å². The number of carbonyl (C=O) groups is 2. The van der Waals surface area contributed by atoms with Gasteiger partial charge in [-0.3, -0.25) is 9.59 Å². The first-order valence-corrected chi connectivity index (χ1v) is 7.03. The molecule has 1 aromatic carbocycles. The van der Waals surface area contributed by atoms with Crippen molar-refractivity contribution < 1.29 is 19.1 Å². The molecule has 0 spiro atoms. The Kier molecular flexibility index (Phi) is 3.17. The summed E-state index contributed by atoms with van der Waals surface area (Å²) in [5, 5.41) is 8.87. The van der Waals surface area contributed by atoms with E-state index < -0.39 is 11.5 Å². The molecule has 1 heterocycles. The summed E-state index contributed by atoms with van der Waals surface area (Å²) in [5.74, 6) is -1.34. The van der Waals surface area contributed by atoms with Gasteiger partial charge in [0.1, 0.15) is 11.8 Å².